The lowest BCUT2D eigenvalue weighted by molar-refractivity contribution is -0.137. The molecule has 0 fully saturated rings. The van der Waals surface area contributed by atoms with Crippen molar-refractivity contribution in [1.82, 2.24) is 0 Å². The summed E-state index contributed by atoms with van der Waals surface area (Å²) in [6.07, 6.45) is -4.59. The largest absolute Gasteiger partial charge is 0.475 e. The minimum atomic E-state index is -4.59. The van der Waals surface area contributed by atoms with E-state index in [1.54, 1.807) is 0 Å². The summed E-state index contributed by atoms with van der Waals surface area (Å²) in [5, 5.41) is 11.3. The number of nitrogens with one attached hydrogen (secondary N) is 1. The number of carbonyl (C=O) groups excluding carboxylic acids is 1. The molecule has 3 aromatic rings. The number of amides is 1. The zero-order valence-electron chi connectivity index (χ0n) is 12.7. The maximum absolute atomic E-state index is 12.7. The number of carboxylic acids is 1. The number of hydrogen-bond donors (Lipinski definition) is 2. The normalized spacial score (nSPS) is 11.5. The highest BCUT2D eigenvalue weighted by Gasteiger charge is 2.33. The molecule has 3 rings (SSSR count). The quantitative estimate of drug-likeness (QED) is 0.663. The standard InChI is InChI=1S/C17H9ClF3NO4/c18-12-7-10(3-4-11(12)17(19,20)21)22-15(23)9-2-1-8-5-14(16(24)25)26-13(8)6-9/h1-7H,(H,22,23)(H,24,25). The van der Waals surface area contributed by atoms with Crippen LogP contribution < -0.4 is 5.32 Å². The maximum Gasteiger partial charge on any atom is 0.417 e. The fraction of sp³-hybridized carbons (Fsp3) is 0.0588. The number of alkyl halides is 3. The van der Waals surface area contributed by atoms with E-state index in [2.05, 4.69) is 5.32 Å². The molecule has 1 aromatic heterocycles. The van der Waals surface area contributed by atoms with Crippen LogP contribution in [-0.4, -0.2) is 17.0 Å². The summed E-state index contributed by atoms with van der Waals surface area (Å²) >= 11 is 5.61. The van der Waals surface area contributed by atoms with Gasteiger partial charge in [0.15, 0.2) is 0 Å². The van der Waals surface area contributed by atoms with Crippen LogP contribution in [0.1, 0.15) is 26.5 Å². The first-order chi connectivity index (χ1) is 12.1. The van der Waals surface area contributed by atoms with Gasteiger partial charge in [0.1, 0.15) is 5.58 Å². The van der Waals surface area contributed by atoms with E-state index >= 15 is 0 Å². The van der Waals surface area contributed by atoms with Gasteiger partial charge >= 0.3 is 12.1 Å². The van der Waals surface area contributed by atoms with Gasteiger partial charge in [0.25, 0.3) is 5.91 Å². The minimum Gasteiger partial charge on any atom is -0.475 e. The summed E-state index contributed by atoms with van der Waals surface area (Å²) in [4.78, 5) is 23.2. The van der Waals surface area contributed by atoms with Crippen molar-refractivity contribution in [3.63, 3.8) is 0 Å². The van der Waals surface area contributed by atoms with Gasteiger partial charge in [0, 0.05) is 16.6 Å². The monoisotopic (exact) mass is 383 g/mol. The number of carbonyl (C=O) groups is 2. The molecule has 1 heterocycles. The Hall–Kier alpha value is -3.00. The van der Waals surface area contributed by atoms with Crippen molar-refractivity contribution in [3.8, 4) is 0 Å². The fourth-order valence-corrected chi connectivity index (χ4v) is 2.59. The van der Waals surface area contributed by atoms with Gasteiger partial charge in [-0.25, -0.2) is 4.79 Å². The highest BCUT2D eigenvalue weighted by Crippen LogP contribution is 2.36. The molecule has 1 amide bonds. The van der Waals surface area contributed by atoms with E-state index in [0.717, 1.165) is 18.2 Å². The van der Waals surface area contributed by atoms with Crippen molar-refractivity contribution >= 4 is 40.1 Å². The molecule has 0 radical (unpaired) electrons. The molecule has 0 aliphatic carbocycles. The molecule has 0 saturated heterocycles. The summed E-state index contributed by atoms with van der Waals surface area (Å²) in [6.45, 7) is 0. The summed E-state index contributed by atoms with van der Waals surface area (Å²) in [5.74, 6) is -2.13. The van der Waals surface area contributed by atoms with Gasteiger partial charge in [-0.3, -0.25) is 4.79 Å². The minimum absolute atomic E-state index is 0.0822. The first-order valence-corrected chi connectivity index (χ1v) is 7.48. The average molecular weight is 384 g/mol. The van der Waals surface area contributed by atoms with Gasteiger partial charge in [-0.15, -0.1) is 0 Å². The maximum atomic E-state index is 12.7. The van der Waals surface area contributed by atoms with Crippen LogP contribution in [-0.2, 0) is 6.18 Å². The lowest BCUT2D eigenvalue weighted by atomic mass is 10.1. The van der Waals surface area contributed by atoms with E-state index in [1.165, 1.54) is 24.3 Å². The number of rotatable bonds is 3. The second kappa shape index (κ2) is 6.38. The molecule has 5 nitrogen and oxygen atoms in total. The summed E-state index contributed by atoms with van der Waals surface area (Å²) < 4.78 is 43.2. The SMILES string of the molecule is O=C(Nc1ccc(C(F)(F)F)c(Cl)c1)c1ccc2cc(C(=O)O)oc2c1. The highest BCUT2D eigenvalue weighted by molar-refractivity contribution is 6.31. The molecule has 0 atom stereocenters. The van der Waals surface area contributed by atoms with Gasteiger partial charge in [-0.1, -0.05) is 17.7 Å². The molecule has 26 heavy (non-hydrogen) atoms. The molecular formula is C17H9ClF3NO4. The molecule has 2 aromatic carbocycles. The van der Waals surface area contributed by atoms with Crippen LogP contribution in [0.2, 0.25) is 5.02 Å². The number of fused-ring (bicyclic) bond motifs is 1. The first-order valence-electron chi connectivity index (χ1n) is 7.10. The van der Waals surface area contributed by atoms with Crippen molar-refractivity contribution in [2.75, 3.05) is 5.32 Å². The van der Waals surface area contributed by atoms with E-state index in [4.69, 9.17) is 21.1 Å². The van der Waals surface area contributed by atoms with Crippen LogP contribution in [0.3, 0.4) is 0 Å². The van der Waals surface area contributed by atoms with Crippen LogP contribution in [0.25, 0.3) is 11.0 Å². The van der Waals surface area contributed by atoms with Gasteiger partial charge < -0.3 is 14.8 Å². The van der Waals surface area contributed by atoms with E-state index in [1.807, 2.05) is 0 Å². The highest BCUT2D eigenvalue weighted by atomic mass is 35.5. The molecule has 0 aliphatic heterocycles. The lowest BCUT2D eigenvalue weighted by Crippen LogP contribution is -2.12. The topological polar surface area (TPSA) is 79.5 Å². The third kappa shape index (κ3) is 3.50. The van der Waals surface area contributed by atoms with Crippen molar-refractivity contribution in [2.24, 2.45) is 0 Å². The molecule has 2 N–H and O–H groups in total. The number of halogens is 4. The first kappa shape index (κ1) is 17.8. The summed E-state index contributed by atoms with van der Waals surface area (Å²) in [5.41, 5.74) is -0.588. The molecule has 0 bridgehead atoms. The Bertz CT molecular complexity index is 1030. The van der Waals surface area contributed by atoms with Gasteiger partial charge in [-0.05, 0) is 36.4 Å². The van der Waals surface area contributed by atoms with Crippen LogP contribution in [0.5, 0.6) is 0 Å². The van der Waals surface area contributed by atoms with Crippen molar-refractivity contribution in [3.05, 3.63) is 64.4 Å². The van der Waals surface area contributed by atoms with E-state index in [0.29, 0.717) is 5.39 Å². The zero-order chi connectivity index (χ0) is 19.1. The number of benzene rings is 2. The number of anilines is 1. The zero-order valence-corrected chi connectivity index (χ0v) is 13.5. The van der Waals surface area contributed by atoms with E-state index < -0.39 is 28.6 Å². The lowest BCUT2D eigenvalue weighted by Gasteiger charge is -2.11. The van der Waals surface area contributed by atoms with E-state index in [-0.39, 0.29) is 22.6 Å². The van der Waals surface area contributed by atoms with Gasteiger partial charge in [-0.2, -0.15) is 13.2 Å². The predicted molar refractivity (Wildman–Crippen MR) is 87.6 cm³/mol. The third-order valence-electron chi connectivity index (χ3n) is 3.53. The molecule has 0 spiro atoms. The Morgan fingerprint density at radius 3 is 2.42 bits per heavy atom. The number of aromatic carboxylic acids is 1. The molecule has 134 valence electrons. The molecule has 0 unspecified atom stereocenters. The second-order valence-electron chi connectivity index (χ2n) is 5.31. The summed E-state index contributed by atoms with van der Waals surface area (Å²) in [7, 11) is 0. The van der Waals surface area contributed by atoms with Crippen LogP contribution in [0.15, 0.2) is 46.9 Å². The Morgan fingerprint density at radius 2 is 1.81 bits per heavy atom. The van der Waals surface area contributed by atoms with Crippen LogP contribution in [0.4, 0.5) is 18.9 Å². The fourth-order valence-electron chi connectivity index (χ4n) is 2.30. The Labute approximate surface area is 149 Å². The molecular weight excluding hydrogens is 375 g/mol. The summed E-state index contributed by atoms with van der Waals surface area (Å²) in [6, 6.07) is 8.44. The Kier molecular flexibility index (Phi) is 4.37. The average Bonchev–Trinajstić information content (AvgIpc) is 2.97. The number of carboxylic acid groups (broad SMARTS) is 1. The van der Waals surface area contributed by atoms with Gasteiger partial charge in [0.05, 0.1) is 10.6 Å². The van der Waals surface area contributed by atoms with Gasteiger partial charge in [0.2, 0.25) is 5.76 Å². The van der Waals surface area contributed by atoms with Crippen LogP contribution in [0, 0.1) is 0 Å². The smallest absolute Gasteiger partial charge is 0.417 e. The molecule has 0 saturated carbocycles. The van der Waals surface area contributed by atoms with Crippen molar-refractivity contribution in [2.45, 2.75) is 6.18 Å². The molecule has 0 aliphatic rings. The number of hydrogen-bond acceptors (Lipinski definition) is 3. The Balaban J connectivity index is 1.85. The Morgan fingerprint density at radius 1 is 1.08 bits per heavy atom. The predicted octanol–water partition coefficient (Wildman–Crippen LogP) is 5.06. The van der Waals surface area contributed by atoms with Crippen molar-refractivity contribution in [1.29, 1.82) is 0 Å². The van der Waals surface area contributed by atoms with E-state index in [9.17, 15) is 22.8 Å². The van der Waals surface area contributed by atoms with Crippen LogP contribution >= 0.6 is 11.6 Å². The van der Waals surface area contributed by atoms with Crippen molar-refractivity contribution < 1.29 is 32.3 Å². The number of furan rings is 1. The third-order valence-corrected chi connectivity index (χ3v) is 3.84. The molecule has 9 heteroatoms. The second-order valence-corrected chi connectivity index (χ2v) is 5.72.